The number of carbonyl (C=O) groups excluding carboxylic acids is 2. The van der Waals surface area contributed by atoms with E-state index in [1.54, 1.807) is 19.3 Å². The molecule has 1 aliphatic heterocycles. The Labute approximate surface area is 185 Å². The zero-order valence-electron chi connectivity index (χ0n) is 17.5. The van der Waals surface area contributed by atoms with E-state index in [1.165, 1.54) is 4.90 Å². The largest absolute Gasteiger partial charge is 0.493 e. The van der Waals surface area contributed by atoms with Gasteiger partial charge in [-0.25, -0.2) is 4.79 Å². The van der Waals surface area contributed by atoms with Gasteiger partial charge in [0.05, 0.1) is 24.2 Å². The lowest BCUT2D eigenvalue weighted by atomic mass is 10.1. The van der Waals surface area contributed by atoms with Crippen molar-refractivity contribution in [2.45, 2.75) is 39.8 Å². The van der Waals surface area contributed by atoms with E-state index in [0.29, 0.717) is 21.5 Å². The number of imide groups is 1. The molecule has 0 spiro atoms. The molecule has 158 valence electrons. The van der Waals surface area contributed by atoms with Crippen LogP contribution in [0.15, 0.2) is 46.6 Å². The highest BCUT2D eigenvalue weighted by molar-refractivity contribution is 9.10. The van der Waals surface area contributed by atoms with E-state index in [-0.39, 0.29) is 24.3 Å². The second kappa shape index (κ2) is 9.34. The predicted molar refractivity (Wildman–Crippen MR) is 119 cm³/mol. The molecule has 2 aromatic rings. The molecule has 1 heterocycles. The van der Waals surface area contributed by atoms with Crippen LogP contribution in [0.4, 0.5) is 4.79 Å². The van der Waals surface area contributed by atoms with Gasteiger partial charge in [0.1, 0.15) is 5.70 Å². The first kappa shape index (κ1) is 21.9. The van der Waals surface area contributed by atoms with Crippen molar-refractivity contribution in [1.29, 1.82) is 0 Å². The number of nitrogens with one attached hydrogen (secondary N) is 1. The molecule has 1 atom stereocenters. The van der Waals surface area contributed by atoms with Gasteiger partial charge in [-0.1, -0.05) is 36.8 Å². The summed E-state index contributed by atoms with van der Waals surface area (Å²) in [5, 5.41) is 2.66. The minimum absolute atomic E-state index is 0.0327. The Kier molecular flexibility index (Phi) is 6.82. The molecule has 1 N–H and O–H groups in total. The van der Waals surface area contributed by atoms with Gasteiger partial charge in [0.2, 0.25) is 0 Å². The maximum absolute atomic E-state index is 12.8. The highest BCUT2D eigenvalue weighted by Gasteiger charge is 2.33. The van der Waals surface area contributed by atoms with Crippen LogP contribution in [0.25, 0.3) is 6.08 Å². The summed E-state index contributed by atoms with van der Waals surface area (Å²) in [6.07, 6.45) is 2.53. The molecule has 0 aromatic heterocycles. The Hall–Kier alpha value is -2.80. The fraction of sp³-hybridized carbons (Fsp3) is 0.304. The number of urea groups is 1. The van der Waals surface area contributed by atoms with E-state index < -0.39 is 6.03 Å². The van der Waals surface area contributed by atoms with Crippen LogP contribution in [0, 0.1) is 6.92 Å². The van der Waals surface area contributed by atoms with Gasteiger partial charge in [-0.05, 0) is 65.5 Å². The molecule has 6 nitrogen and oxygen atoms in total. The molecule has 30 heavy (non-hydrogen) atoms. The Morgan fingerprint density at radius 2 is 2.00 bits per heavy atom. The number of methoxy groups -OCH3 is 1. The molecule has 1 saturated heterocycles. The zero-order valence-corrected chi connectivity index (χ0v) is 19.1. The summed E-state index contributed by atoms with van der Waals surface area (Å²) in [6.45, 7) is 6.22. The number of aryl methyl sites for hydroxylation is 1. The summed E-state index contributed by atoms with van der Waals surface area (Å²) >= 11 is 3.52. The summed E-state index contributed by atoms with van der Waals surface area (Å²) in [5.41, 5.74) is 2.90. The highest BCUT2D eigenvalue weighted by Crippen LogP contribution is 2.38. The number of hydrogen-bond donors (Lipinski definition) is 1. The summed E-state index contributed by atoms with van der Waals surface area (Å²) in [5.74, 6) is 0.790. The number of amides is 3. The van der Waals surface area contributed by atoms with Gasteiger partial charge in [-0.3, -0.25) is 9.69 Å². The van der Waals surface area contributed by atoms with Gasteiger partial charge in [-0.15, -0.1) is 0 Å². The van der Waals surface area contributed by atoms with Gasteiger partial charge < -0.3 is 14.8 Å². The fourth-order valence-electron chi connectivity index (χ4n) is 3.10. The maximum atomic E-state index is 12.8. The number of ether oxygens (including phenoxy) is 2. The second-order valence-electron chi connectivity index (χ2n) is 7.24. The van der Waals surface area contributed by atoms with Crippen LogP contribution in [0.2, 0.25) is 0 Å². The van der Waals surface area contributed by atoms with Crippen LogP contribution in [-0.2, 0) is 11.3 Å². The summed E-state index contributed by atoms with van der Waals surface area (Å²) in [7, 11) is 1.56. The van der Waals surface area contributed by atoms with Crippen LogP contribution in [0.1, 0.15) is 37.0 Å². The number of hydrogen-bond acceptors (Lipinski definition) is 4. The van der Waals surface area contributed by atoms with Crippen LogP contribution in [-0.4, -0.2) is 30.1 Å². The number of nitrogens with zero attached hydrogens (tertiary/aromatic N) is 1. The number of benzene rings is 2. The first-order valence-electron chi connectivity index (χ1n) is 9.76. The molecule has 0 aliphatic carbocycles. The van der Waals surface area contributed by atoms with Crippen molar-refractivity contribution in [3.05, 3.63) is 63.3 Å². The Morgan fingerprint density at radius 3 is 2.67 bits per heavy atom. The van der Waals surface area contributed by atoms with Crippen molar-refractivity contribution >= 4 is 33.9 Å². The quantitative estimate of drug-likeness (QED) is 0.452. The molecule has 3 amide bonds. The predicted octanol–water partition coefficient (Wildman–Crippen LogP) is 5.04. The maximum Gasteiger partial charge on any atom is 0.329 e. The topological polar surface area (TPSA) is 67.9 Å². The first-order valence-corrected chi connectivity index (χ1v) is 10.6. The van der Waals surface area contributed by atoms with Crippen LogP contribution in [0.3, 0.4) is 0 Å². The Balaban J connectivity index is 1.85. The third-order valence-corrected chi connectivity index (χ3v) is 5.43. The average Bonchev–Trinajstić information content (AvgIpc) is 2.97. The standard InChI is InChI=1S/C23H25BrN2O4/c1-5-15(3)30-21-18(24)10-17(12-20(21)29-4)11-19-22(27)26(23(28)25-19)13-16-8-6-7-14(2)9-16/h6-12,15H,5,13H2,1-4H3,(H,25,28)/b19-11+/t15-/m1/s1. The minimum atomic E-state index is -0.435. The first-order chi connectivity index (χ1) is 14.3. The summed E-state index contributed by atoms with van der Waals surface area (Å²) in [6, 6.07) is 10.9. The molecule has 0 saturated carbocycles. The van der Waals surface area contributed by atoms with Crippen LogP contribution >= 0.6 is 15.9 Å². The van der Waals surface area contributed by atoms with Crippen LogP contribution in [0.5, 0.6) is 11.5 Å². The molecule has 7 heteroatoms. The fourth-order valence-corrected chi connectivity index (χ4v) is 3.65. The lowest BCUT2D eigenvalue weighted by molar-refractivity contribution is -0.123. The molecule has 2 aromatic carbocycles. The monoisotopic (exact) mass is 472 g/mol. The van der Waals surface area contributed by atoms with E-state index in [0.717, 1.165) is 17.5 Å². The molecule has 0 unspecified atom stereocenters. The van der Waals surface area contributed by atoms with Gasteiger partial charge in [0.15, 0.2) is 11.5 Å². The van der Waals surface area contributed by atoms with Crippen molar-refractivity contribution in [2.75, 3.05) is 7.11 Å². The van der Waals surface area contributed by atoms with Gasteiger partial charge in [-0.2, -0.15) is 0 Å². The minimum Gasteiger partial charge on any atom is -0.493 e. The lowest BCUT2D eigenvalue weighted by Crippen LogP contribution is -2.30. The van der Waals surface area contributed by atoms with E-state index in [9.17, 15) is 9.59 Å². The van der Waals surface area contributed by atoms with Crippen molar-refractivity contribution in [1.82, 2.24) is 10.2 Å². The number of halogens is 1. The normalized spacial score (nSPS) is 16.0. The second-order valence-corrected chi connectivity index (χ2v) is 8.09. The van der Waals surface area contributed by atoms with Crippen molar-refractivity contribution in [2.24, 2.45) is 0 Å². The average molecular weight is 473 g/mol. The molecular weight excluding hydrogens is 448 g/mol. The molecule has 0 bridgehead atoms. The smallest absolute Gasteiger partial charge is 0.329 e. The number of rotatable bonds is 7. The van der Waals surface area contributed by atoms with E-state index in [1.807, 2.05) is 51.1 Å². The lowest BCUT2D eigenvalue weighted by Gasteiger charge is -2.17. The third kappa shape index (κ3) is 4.84. The highest BCUT2D eigenvalue weighted by atomic mass is 79.9. The molecule has 0 radical (unpaired) electrons. The molecule has 1 fully saturated rings. The number of carbonyl (C=O) groups is 2. The Bertz CT molecular complexity index is 1000. The van der Waals surface area contributed by atoms with E-state index in [4.69, 9.17) is 9.47 Å². The van der Waals surface area contributed by atoms with Gasteiger partial charge >= 0.3 is 6.03 Å². The van der Waals surface area contributed by atoms with Crippen molar-refractivity contribution in [3.63, 3.8) is 0 Å². The zero-order chi connectivity index (χ0) is 21.8. The summed E-state index contributed by atoms with van der Waals surface area (Å²) < 4.78 is 12.1. The SMILES string of the molecule is CC[C@@H](C)Oc1c(Br)cc(/C=C2/NC(=O)N(Cc3cccc(C)c3)C2=O)cc1OC. The Morgan fingerprint density at radius 1 is 1.23 bits per heavy atom. The third-order valence-electron chi connectivity index (χ3n) is 4.84. The summed E-state index contributed by atoms with van der Waals surface area (Å²) in [4.78, 5) is 26.4. The molecular formula is C23H25BrN2O4. The molecule has 3 rings (SSSR count). The van der Waals surface area contributed by atoms with E-state index in [2.05, 4.69) is 21.2 Å². The van der Waals surface area contributed by atoms with E-state index >= 15 is 0 Å². The van der Waals surface area contributed by atoms with Crippen molar-refractivity contribution < 1.29 is 19.1 Å². The van der Waals surface area contributed by atoms with Crippen LogP contribution < -0.4 is 14.8 Å². The molecule has 1 aliphatic rings. The van der Waals surface area contributed by atoms with Crippen molar-refractivity contribution in [3.8, 4) is 11.5 Å². The van der Waals surface area contributed by atoms with Gasteiger partial charge in [0.25, 0.3) is 5.91 Å². The van der Waals surface area contributed by atoms with Gasteiger partial charge in [0, 0.05) is 0 Å².